The van der Waals surface area contributed by atoms with Gasteiger partial charge in [0.1, 0.15) is 42.6 Å². The van der Waals surface area contributed by atoms with Crippen molar-refractivity contribution in [2.75, 3.05) is 30.5 Å². The monoisotopic (exact) mass is 541 g/mol. The molecule has 4 aromatic rings. The quantitative estimate of drug-likeness (QED) is 0.273. The number of ether oxygens (including phenoxy) is 2. The van der Waals surface area contributed by atoms with Gasteiger partial charge in [-0.15, -0.1) is 0 Å². The second-order valence-electron chi connectivity index (χ2n) is 8.02. The number of nitrogens with zero attached hydrogens (tertiary/aromatic N) is 3. The molecule has 0 aliphatic rings. The molecule has 37 heavy (non-hydrogen) atoms. The number of anilines is 2. The predicted octanol–water partition coefficient (Wildman–Crippen LogP) is 3.54. The number of hydrogen-bond acceptors (Lipinski definition) is 9. The normalized spacial score (nSPS) is 11.2. The van der Waals surface area contributed by atoms with Gasteiger partial charge in [-0.1, -0.05) is 23.7 Å². The molecule has 0 unspecified atom stereocenters. The molecule has 2 aromatic heterocycles. The van der Waals surface area contributed by atoms with Gasteiger partial charge in [0.25, 0.3) is 0 Å². The van der Waals surface area contributed by atoms with Crippen LogP contribution in [-0.4, -0.2) is 54.4 Å². The summed E-state index contributed by atoms with van der Waals surface area (Å²) >= 11 is 6.45. The first-order valence-corrected chi connectivity index (χ1v) is 13.6. The fraction of sp³-hybridized carbons (Fsp3) is 0.200. The summed E-state index contributed by atoms with van der Waals surface area (Å²) < 4.78 is 34.1. The van der Waals surface area contributed by atoms with Crippen molar-refractivity contribution in [3.63, 3.8) is 0 Å². The number of halogens is 1. The molecular formula is C25H24ClN5O5S. The molecule has 2 heterocycles. The number of carbonyl (C=O) groups is 1. The Morgan fingerprint density at radius 1 is 1.00 bits per heavy atom. The van der Waals surface area contributed by atoms with Crippen molar-refractivity contribution in [3.05, 3.63) is 77.8 Å². The van der Waals surface area contributed by atoms with E-state index >= 15 is 0 Å². The van der Waals surface area contributed by atoms with Crippen LogP contribution in [0.1, 0.15) is 5.69 Å². The Morgan fingerprint density at radius 3 is 2.62 bits per heavy atom. The van der Waals surface area contributed by atoms with E-state index in [9.17, 15) is 13.2 Å². The van der Waals surface area contributed by atoms with Gasteiger partial charge in [0, 0.05) is 18.1 Å². The Labute approximate surface area is 218 Å². The molecule has 0 spiro atoms. The second-order valence-corrected chi connectivity index (χ2v) is 10.6. The van der Waals surface area contributed by atoms with E-state index in [1.807, 2.05) is 30.3 Å². The number of benzene rings is 2. The first kappa shape index (κ1) is 26.1. The van der Waals surface area contributed by atoms with Crippen LogP contribution in [0.4, 0.5) is 11.5 Å². The van der Waals surface area contributed by atoms with E-state index in [1.165, 1.54) is 6.33 Å². The molecule has 0 radical (unpaired) electrons. The Morgan fingerprint density at radius 2 is 1.86 bits per heavy atom. The van der Waals surface area contributed by atoms with Gasteiger partial charge in [-0.3, -0.25) is 9.78 Å². The molecule has 2 N–H and O–H groups in total. The van der Waals surface area contributed by atoms with Gasteiger partial charge in [-0.25, -0.2) is 18.4 Å². The van der Waals surface area contributed by atoms with Crippen molar-refractivity contribution in [3.8, 4) is 11.5 Å². The van der Waals surface area contributed by atoms with E-state index in [4.69, 9.17) is 21.1 Å². The van der Waals surface area contributed by atoms with Gasteiger partial charge in [0.15, 0.2) is 9.84 Å². The Bertz CT molecular complexity index is 1500. The zero-order chi connectivity index (χ0) is 26.3. The highest BCUT2D eigenvalue weighted by Gasteiger charge is 2.13. The molecule has 0 bridgehead atoms. The van der Waals surface area contributed by atoms with Crippen LogP contribution in [0.5, 0.6) is 11.5 Å². The maximum atomic E-state index is 11.7. The SMILES string of the molecule is CS(=O)(=O)CC(=O)NCCOc1cccc2ncnc(Nc3ccc(OCc4ccccn4)c(Cl)c3)c12. The predicted molar refractivity (Wildman–Crippen MR) is 141 cm³/mol. The molecule has 10 nitrogen and oxygen atoms in total. The smallest absolute Gasteiger partial charge is 0.235 e. The minimum Gasteiger partial charge on any atom is -0.491 e. The minimum atomic E-state index is -3.40. The van der Waals surface area contributed by atoms with Gasteiger partial charge >= 0.3 is 0 Å². The molecule has 0 aliphatic carbocycles. The van der Waals surface area contributed by atoms with Crippen molar-refractivity contribution in [1.82, 2.24) is 20.3 Å². The van der Waals surface area contributed by atoms with E-state index in [1.54, 1.807) is 30.5 Å². The van der Waals surface area contributed by atoms with Crippen LogP contribution in [0, 0.1) is 0 Å². The van der Waals surface area contributed by atoms with Crippen molar-refractivity contribution in [2.24, 2.45) is 0 Å². The van der Waals surface area contributed by atoms with Crippen LogP contribution in [-0.2, 0) is 21.2 Å². The number of aromatic nitrogens is 3. The number of hydrogen-bond donors (Lipinski definition) is 2. The lowest BCUT2D eigenvalue weighted by atomic mass is 10.2. The number of nitrogens with one attached hydrogen (secondary N) is 2. The third-order valence-electron chi connectivity index (χ3n) is 5.00. The summed E-state index contributed by atoms with van der Waals surface area (Å²) in [5, 5.41) is 6.82. The molecule has 0 saturated heterocycles. The molecular weight excluding hydrogens is 518 g/mol. The van der Waals surface area contributed by atoms with Crippen LogP contribution >= 0.6 is 11.6 Å². The lowest BCUT2D eigenvalue weighted by Crippen LogP contribution is -2.32. The molecule has 0 fully saturated rings. The molecule has 0 aliphatic heterocycles. The van der Waals surface area contributed by atoms with Crippen LogP contribution in [0.15, 0.2) is 67.1 Å². The van der Waals surface area contributed by atoms with Crippen LogP contribution < -0.4 is 20.1 Å². The van der Waals surface area contributed by atoms with E-state index in [0.29, 0.717) is 45.5 Å². The highest BCUT2D eigenvalue weighted by molar-refractivity contribution is 7.91. The Balaban J connectivity index is 1.44. The number of carbonyl (C=O) groups excluding carboxylic acids is 1. The number of sulfone groups is 1. The van der Waals surface area contributed by atoms with Gasteiger partial charge in [-0.05, 0) is 42.5 Å². The molecule has 12 heteroatoms. The largest absolute Gasteiger partial charge is 0.491 e. The van der Waals surface area contributed by atoms with Crippen LogP contribution in [0.25, 0.3) is 10.9 Å². The van der Waals surface area contributed by atoms with Crippen molar-refractivity contribution < 1.29 is 22.7 Å². The van der Waals surface area contributed by atoms with Gasteiger partial charge in [0.05, 0.1) is 28.2 Å². The van der Waals surface area contributed by atoms with Crippen LogP contribution in [0.2, 0.25) is 5.02 Å². The molecule has 1 amide bonds. The fourth-order valence-corrected chi connectivity index (χ4v) is 4.22. The summed E-state index contributed by atoms with van der Waals surface area (Å²) in [4.78, 5) is 24.6. The minimum absolute atomic E-state index is 0.122. The number of fused-ring (bicyclic) bond motifs is 1. The van der Waals surface area contributed by atoms with E-state index < -0.39 is 21.5 Å². The van der Waals surface area contributed by atoms with Crippen molar-refractivity contribution in [1.29, 1.82) is 0 Å². The molecule has 0 atom stereocenters. The maximum absolute atomic E-state index is 11.7. The lowest BCUT2D eigenvalue weighted by Gasteiger charge is -2.14. The highest BCUT2D eigenvalue weighted by atomic mass is 35.5. The van der Waals surface area contributed by atoms with Crippen LogP contribution in [0.3, 0.4) is 0 Å². The lowest BCUT2D eigenvalue weighted by molar-refractivity contribution is -0.118. The number of pyridine rings is 1. The third kappa shape index (κ3) is 7.51. The fourth-order valence-electron chi connectivity index (χ4n) is 3.40. The Hall–Kier alpha value is -3.96. The van der Waals surface area contributed by atoms with E-state index in [-0.39, 0.29) is 13.2 Å². The van der Waals surface area contributed by atoms with Crippen molar-refractivity contribution >= 4 is 49.8 Å². The Kier molecular flexibility index (Phi) is 8.36. The summed E-state index contributed by atoms with van der Waals surface area (Å²) in [6.45, 7) is 0.549. The number of rotatable bonds is 11. The third-order valence-corrected chi connectivity index (χ3v) is 6.08. The first-order valence-electron chi connectivity index (χ1n) is 11.2. The van der Waals surface area contributed by atoms with Gasteiger partial charge < -0.3 is 20.1 Å². The number of amides is 1. The molecule has 192 valence electrons. The summed E-state index contributed by atoms with van der Waals surface area (Å²) in [5.74, 6) is 0.365. The molecule has 4 rings (SSSR count). The average molecular weight is 542 g/mol. The summed E-state index contributed by atoms with van der Waals surface area (Å²) in [7, 11) is -3.40. The van der Waals surface area contributed by atoms with Crippen molar-refractivity contribution in [2.45, 2.75) is 6.61 Å². The highest BCUT2D eigenvalue weighted by Crippen LogP contribution is 2.34. The van der Waals surface area contributed by atoms with E-state index in [0.717, 1.165) is 11.9 Å². The standard InChI is InChI=1S/C25H24ClN5O5S/c1-37(33,34)15-23(32)28-11-12-35-22-7-4-6-20-24(22)25(30-16-29-20)31-17-8-9-21(19(26)13-17)36-14-18-5-2-3-10-27-18/h2-10,13,16H,11-12,14-15H2,1H3,(H,28,32)(H,29,30,31). The summed E-state index contributed by atoms with van der Waals surface area (Å²) in [6.07, 6.45) is 4.14. The van der Waals surface area contributed by atoms with E-state index in [2.05, 4.69) is 25.6 Å². The molecule has 2 aromatic carbocycles. The summed E-state index contributed by atoms with van der Waals surface area (Å²) in [6, 6.07) is 16.3. The average Bonchev–Trinajstić information content (AvgIpc) is 2.86. The second kappa shape index (κ2) is 11.8. The van der Waals surface area contributed by atoms with Gasteiger partial charge in [-0.2, -0.15) is 0 Å². The molecule has 0 saturated carbocycles. The zero-order valence-electron chi connectivity index (χ0n) is 19.8. The zero-order valence-corrected chi connectivity index (χ0v) is 21.4. The first-order chi connectivity index (χ1) is 17.8. The maximum Gasteiger partial charge on any atom is 0.235 e. The summed E-state index contributed by atoms with van der Waals surface area (Å²) in [5.41, 5.74) is 2.12. The topological polar surface area (TPSA) is 132 Å². The van der Waals surface area contributed by atoms with Gasteiger partial charge in [0.2, 0.25) is 5.91 Å².